The summed E-state index contributed by atoms with van der Waals surface area (Å²) < 4.78 is 15.4. The van der Waals surface area contributed by atoms with Crippen LogP contribution >= 0.6 is 0 Å². The average molecular weight is 241 g/mol. The number of nitrogens with zero attached hydrogens (tertiary/aromatic N) is 1. The minimum Gasteiger partial charge on any atom is -0.493 e. The zero-order valence-corrected chi connectivity index (χ0v) is 9.85. The summed E-state index contributed by atoms with van der Waals surface area (Å²) in [4.78, 5) is 3.89. The maximum Gasteiger partial charge on any atom is 0.218 e. The van der Waals surface area contributed by atoms with Gasteiger partial charge in [0.1, 0.15) is 0 Å². The molecule has 0 saturated carbocycles. The molecule has 0 aliphatic rings. The lowest BCUT2D eigenvalue weighted by molar-refractivity contribution is 0.233. The van der Waals surface area contributed by atoms with Crippen molar-refractivity contribution < 1.29 is 19.4 Å². The maximum atomic E-state index is 8.56. The minimum absolute atomic E-state index is 0.140. The summed E-state index contributed by atoms with van der Waals surface area (Å²) in [7, 11) is 4.50. The molecule has 7 heteroatoms. The van der Waals surface area contributed by atoms with Crippen molar-refractivity contribution in [3.63, 3.8) is 0 Å². The number of hydrogen-bond donors (Lipinski definition) is 3. The molecule has 1 aromatic carbocycles. The van der Waals surface area contributed by atoms with Crippen molar-refractivity contribution in [3.8, 4) is 17.2 Å². The van der Waals surface area contributed by atoms with E-state index < -0.39 is 0 Å². The first-order valence-electron chi connectivity index (χ1n) is 4.70. The molecule has 0 bridgehead atoms. The highest BCUT2D eigenvalue weighted by Crippen LogP contribution is 2.40. The van der Waals surface area contributed by atoms with Crippen LogP contribution in [0.25, 0.3) is 0 Å². The van der Waals surface area contributed by atoms with Crippen molar-refractivity contribution in [1.82, 2.24) is 5.48 Å². The minimum atomic E-state index is -0.140. The van der Waals surface area contributed by atoms with E-state index in [1.807, 2.05) is 0 Å². The second-order valence-electron chi connectivity index (χ2n) is 2.99. The molecule has 0 aliphatic carbocycles. The van der Waals surface area contributed by atoms with Crippen LogP contribution in [0.2, 0.25) is 0 Å². The van der Waals surface area contributed by atoms with Gasteiger partial charge in [0.05, 0.1) is 27.0 Å². The molecule has 0 fully saturated rings. The Hall–Kier alpha value is -2.15. The Labute approximate surface area is 98.8 Å². The maximum absolute atomic E-state index is 8.56. The molecule has 0 saturated heterocycles. The Morgan fingerprint density at radius 3 is 2.06 bits per heavy atom. The van der Waals surface area contributed by atoms with E-state index in [9.17, 15) is 0 Å². The van der Waals surface area contributed by atoms with E-state index >= 15 is 0 Å². The molecule has 0 spiro atoms. The van der Waals surface area contributed by atoms with Gasteiger partial charge in [-0.2, -0.15) is 0 Å². The molecule has 0 atom stereocenters. The third-order valence-corrected chi connectivity index (χ3v) is 2.01. The number of ether oxygens (including phenoxy) is 3. The van der Waals surface area contributed by atoms with Crippen LogP contribution in [0, 0.1) is 0 Å². The van der Waals surface area contributed by atoms with Crippen LogP contribution in [0.3, 0.4) is 0 Å². The predicted octanol–water partition coefficient (Wildman–Crippen LogP) is 0.637. The van der Waals surface area contributed by atoms with Crippen molar-refractivity contribution >= 4 is 11.6 Å². The van der Waals surface area contributed by atoms with Gasteiger partial charge in [-0.15, -0.1) is 0 Å². The Morgan fingerprint density at radius 2 is 1.71 bits per heavy atom. The Morgan fingerprint density at radius 1 is 1.18 bits per heavy atom. The molecule has 17 heavy (non-hydrogen) atoms. The lowest BCUT2D eigenvalue weighted by Gasteiger charge is -2.12. The van der Waals surface area contributed by atoms with Gasteiger partial charge >= 0.3 is 0 Å². The van der Waals surface area contributed by atoms with Crippen LogP contribution in [0.1, 0.15) is 0 Å². The monoisotopic (exact) mass is 241 g/mol. The first-order valence-corrected chi connectivity index (χ1v) is 4.70. The summed E-state index contributed by atoms with van der Waals surface area (Å²) in [6.45, 7) is 0. The van der Waals surface area contributed by atoms with E-state index in [0.29, 0.717) is 22.9 Å². The van der Waals surface area contributed by atoms with Crippen LogP contribution in [0.5, 0.6) is 17.2 Å². The first-order chi connectivity index (χ1) is 8.15. The van der Waals surface area contributed by atoms with Gasteiger partial charge in [0.15, 0.2) is 11.5 Å². The fourth-order valence-corrected chi connectivity index (χ4v) is 1.30. The van der Waals surface area contributed by atoms with Gasteiger partial charge in [-0.3, -0.25) is 5.21 Å². The number of rotatable bonds is 4. The highest BCUT2D eigenvalue weighted by atomic mass is 16.5. The SMILES string of the molecule is COc1cc(N=C(N)NO)cc(OC)c1OC. The van der Waals surface area contributed by atoms with Crippen LogP contribution in [-0.4, -0.2) is 32.5 Å². The fraction of sp³-hybridized carbons (Fsp3) is 0.300. The molecule has 1 rings (SSSR count). The van der Waals surface area contributed by atoms with Gasteiger partial charge in [-0.05, 0) is 0 Å². The van der Waals surface area contributed by atoms with E-state index in [-0.39, 0.29) is 5.96 Å². The quantitative estimate of drug-likeness (QED) is 0.406. The summed E-state index contributed by atoms with van der Waals surface area (Å²) in [6.07, 6.45) is 0. The third-order valence-electron chi connectivity index (χ3n) is 2.01. The average Bonchev–Trinajstić information content (AvgIpc) is 2.37. The zero-order valence-electron chi connectivity index (χ0n) is 9.85. The summed E-state index contributed by atoms with van der Waals surface area (Å²) in [5.41, 5.74) is 7.52. The van der Waals surface area contributed by atoms with Crippen LogP contribution in [-0.2, 0) is 0 Å². The van der Waals surface area contributed by atoms with Crippen LogP contribution in [0.4, 0.5) is 5.69 Å². The Kier molecular flexibility index (Phi) is 4.41. The van der Waals surface area contributed by atoms with Crippen molar-refractivity contribution in [3.05, 3.63) is 12.1 Å². The van der Waals surface area contributed by atoms with Crippen molar-refractivity contribution in [2.24, 2.45) is 10.7 Å². The van der Waals surface area contributed by atoms with E-state index in [2.05, 4.69) is 4.99 Å². The lowest BCUT2D eigenvalue weighted by Crippen LogP contribution is -2.27. The largest absolute Gasteiger partial charge is 0.493 e. The fourth-order valence-electron chi connectivity index (χ4n) is 1.30. The number of nitrogens with two attached hydrogens (primary N) is 1. The molecule has 1 aromatic rings. The zero-order chi connectivity index (χ0) is 12.8. The highest BCUT2D eigenvalue weighted by Gasteiger charge is 2.12. The van der Waals surface area contributed by atoms with Gasteiger partial charge in [-0.25, -0.2) is 10.5 Å². The highest BCUT2D eigenvalue weighted by molar-refractivity contribution is 5.80. The number of hydroxylamine groups is 1. The van der Waals surface area contributed by atoms with Gasteiger partial charge in [0.2, 0.25) is 11.7 Å². The molecular weight excluding hydrogens is 226 g/mol. The van der Waals surface area contributed by atoms with Crippen molar-refractivity contribution in [2.45, 2.75) is 0 Å². The van der Waals surface area contributed by atoms with Crippen molar-refractivity contribution in [2.75, 3.05) is 21.3 Å². The van der Waals surface area contributed by atoms with Gasteiger partial charge in [-0.1, -0.05) is 0 Å². The number of guanidine groups is 1. The van der Waals surface area contributed by atoms with Crippen LogP contribution < -0.4 is 25.4 Å². The van der Waals surface area contributed by atoms with Gasteiger partial charge in [0, 0.05) is 12.1 Å². The van der Waals surface area contributed by atoms with E-state index in [1.165, 1.54) is 21.3 Å². The molecule has 0 amide bonds. The number of nitrogens with one attached hydrogen (secondary N) is 1. The van der Waals surface area contributed by atoms with E-state index in [0.717, 1.165) is 0 Å². The topological polar surface area (TPSA) is 98.3 Å². The molecular formula is C10H15N3O4. The molecule has 0 aromatic heterocycles. The Balaban J connectivity index is 3.27. The number of aliphatic imine (C=N–C) groups is 1. The number of benzene rings is 1. The van der Waals surface area contributed by atoms with Crippen molar-refractivity contribution in [1.29, 1.82) is 0 Å². The second kappa shape index (κ2) is 5.80. The molecule has 4 N–H and O–H groups in total. The van der Waals surface area contributed by atoms with Gasteiger partial charge in [0.25, 0.3) is 0 Å². The first kappa shape index (κ1) is 12.9. The number of hydrogen-bond acceptors (Lipinski definition) is 5. The van der Waals surface area contributed by atoms with Crippen LogP contribution in [0.15, 0.2) is 17.1 Å². The summed E-state index contributed by atoms with van der Waals surface area (Å²) in [5.74, 6) is 1.23. The standard InChI is InChI=1S/C10H15N3O4/c1-15-7-4-6(12-10(11)13-14)5-8(16-2)9(7)17-3/h4-5,14H,1-3H3,(H3,11,12,13). The summed E-state index contributed by atoms with van der Waals surface area (Å²) >= 11 is 0. The Bertz CT molecular complexity index is 395. The molecule has 0 heterocycles. The molecule has 0 unspecified atom stereocenters. The van der Waals surface area contributed by atoms with E-state index in [4.69, 9.17) is 25.2 Å². The molecule has 0 aliphatic heterocycles. The lowest BCUT2D eigenvalue weighted by atomic mass is 10.2. The second-order valence-corrected chi connectivity index (χ2v) is 2.99. The number of methoxy groups -OCH3 is 3. The summed E-state index contributed by atoms with van der Waals surface area (Å²) in [5, 5.41) is 8.56. The normalized spacial score (nSPS) is 10.9. The smallest absolute Gasteiger partial charge is 0.218 e. The molecule has 94 valence electrons. The third kappa shape index (κ3) is 2.91. The predicted molar refractivity (Wildman–Crippen MR) is 62.3 cm³/mol. The van der Waals surface area contributed by atoms with E-state index in [1.54, 1.807) is 17.6 Å². The summed E-state index contributed by atoms with van der Waals surface area (Å²) in [6, 6.07) is 3.21. The van der Waals surface area contributed by atoms with Gasteiger partial charge < -0.3 is 19.9 Å². The molecule has 0 radical (unpaired) electrons. The molecule has 7 nitrogen and oxygen atoms in total.